The summed E-state index contributed by atoms with van der Waals surface area (Å²) in [6.07, 6.45) is 0.886. The molecule has 0 bridgehead atoms. The molecule has 26 heavy (non-hydrogen) atoms. The highest BCUT2D eigenvalue weighted by Gasteiger charge is 2.62. The third-order valence-electron chi connectivity index (χ3n) is 4.95. The number of hydrogen-bond donors (Lipinski definition) is 0. The van der Waals surface area contributed by atoms with Crippen molar-refractivity contribution in [2.24, 2.45) is 0 Å². The van der Waals surface area contributed by atoms with Gasteiger partial charge >= 0.3 is 6.03 Å². The Kier molecular flexibility index (Phi) is 3.74. The van der Waals surface area contributed by atoms with Crippen LogP contribution in [0.15, 0.2) is 48.5 Å². The number of nitrogens with zero attached hydrogens (tertiary/aromatic N) is 3. The fourth-order valence-electron chi connectivity index (χ4n) is 3.37. The number of nitriles is 1. The van der Waals surface area contributed by atoms with E-state index in [1.54, 1.807) is 36.4 Å². The molecular weight excluding hydrogens is 330 g/mol. The van der Waals surface area contributed by atoms with E-state index in [9.17, 15) is 9.59 Å². The van der Waals surface area contributed by atoms with Gasteiger partial charge in [0.25, 0.3) is 5.91 Å². The highest BCUT2D eigenvalue weighted by Crippen LogP contribution is 2.40. The van der Waals surface area contributed by atoms with Crippen molar-refractivity contribution in [2.45, 2.75) is 18.9 Å². The minimum atomic E-state index is -1.01. The Hall–Kier alpha value is -3.17. The molecule has 0 aliphatic carbocycles. The van der Waals surface area contributed by atoms with Crippen LogP contribution in [0, 0.1) is 11.3 Å². The van der Waals surface area contributed by atoms with Crippen molar-refractivity contribution < 1.29 is 14.3 Å². The van der Waals surface area contributed by atoms with Crippen LogP contribution in [0.1, 0.15) is 18.1 Å². The number of imide groups is 1. The highest BCUT2D eigenvalue weighted by atomic mass is 16.5. The van der Waals surface area contributed by atoms with Gasteiger partial charge < -0.3 is 4.74 Å². The van der Waals surface area contributed by atoms with E-state index in [0.717, 1.165) is 12.0 Å². The summed E-state index contributed by atoms with van der Waals surface area (Å²) in [7, 11) is 0. The van der Waals surface area contributed by atoms with Crippen LogP contribution >= 0.6 is 0 Å². The first-order chi connectivity index (χ1) is 12.6. The van der Waals surface area contributed by atoms with E-state index in [2.05, 4.69) is 13.0 Å². The number of rotatable bonds is 3. The largest absolute Gasteiger partial charge is 0.375 e. The number of carbonyl (C=O) groups is 2. The Labute approximate surface area is 151 Å². The number of anilines is 2. The van der Waals surface area contributed by atoms with Gasteiger partial charge in [-0.3, -0.25) is 9.69 Å². The van der Waals surface area contributed by atoms with Gasteiger partial charge in [0.2, 0.25) is 0 Å². The molecular formula is C20H17N3O3. The maximum Gasteiger partial charge on any atom is 0.337 e. The second-order valence-corrected chi connectivity index (χ2v) is 6.46. The van der Waals surface area contributed by atoms with Gasteiger partial charge in [0.05, 0.1) is 30.5 Å². The summed E-state index contributed by atoms with van der Waals surface area (Å²) in [5.74, 6) is -0.276. The van der Waals surface area contributed by atoms with Gasteiger partial charge in [0, 0.05) is 5.69 Å². The molecule has 3 amide bonds. The lowest BCUT2D eigenvalue weighted by Crippen LogP contribution is -2.64. The van der Waals surface area contributed by atoms with Gasteiger partial charge in [-0.1, -0.05) is 19.1 Å². The molecule has 6 nitrogen and oxygen atoms in total. The Morgan fingerprint density at radius 3 is 2.15 bits per heavy atom. The van der Waals surface area contributed by atoms with Gasteiger partial charge in [-0.2, -0.15) is 5.26 Å². The molecule has 0 aromatic heterocycles. The van der Waals surface area contributed by atoms with E-state index >= 15 is 0 Å². The number of benzene rings is 2. The van der Waals surface area contributed by atoms with E-state index in [1.807, 2.05) is 12.1 Å². The third kappa shape index (κ3) is 2.21. The minimum absolute atomic E-state index is 0.168. The topological polar surface area (TPSA) is 73.6 Å². The van der Waals surface area contributed by atoms with Crippen LogP contribution in [-0.2, 0) is 16.0 Å². The summed E-state index contributed by atoms with van der Waals surface area (Å²) < 4.78 is 5.30. The molecule has 2 aromatic carbocycles. The summed E-state index contributed by atoms with van der Waals surface area (Å²) in [5.41, 5.74) is 1.77. The Balaban J connectivity index is 1.75. The molecule has 2 aromatic rings. The molecule has 4 rings (SSSR count). The first-order valence-corrected chi connectivity index (χ1v) is 8.46. The maximum atomic E-state index is 13.1. The average molecular weight is 347 g/mol. The standard InChI is InChI=1S/C20H17N3O3/c1-2-14-3-7-16(8-4-14)22-18(24)20(12-26-13-20)23(19(22)25)17-9-5-15(11-21)6-10-17/h3-10H,2,12-13H2,1H3. The number of ether oxygens (including phenoxy) is 1. The number of carbonyl (C=O) groups excluding carboxylic acids is 2. The molecule has 2 aliphatic heterocycles. The van der Waals surface area contributed by atoms with E-state index < -0.39 is 11.6 Å². The number of amides is 3. The van der Waals surface area contributed by atoms with Crippen molar-refractivity contribution in [1.82, 2.24) is 0 Å². The van der Waals surface area contributed by atoms with Gasteiger partial charge in [-0.05, 0) is 48.4 Å². The fraction of sp³-hybridized carbons (Fsp3) is 0.250. The molecule has 0 saturated carbocycles. The Morgan fingerprint density at radius 1 is 1.04 bits per heavy atom. The van der Waals surface area contributed by atoms with Gasteiger partial charge in [-0.15, -0.1) is 0 Å². The normalized spacial score (nSPS) is 18.2. The minimum Gasteiger partial charge on any atom is -0.375 e. The monoisotopic (exact) mass is 347 g/mol. The van der Waals surface area contributed by atoms with Crippen LogP contribution in [-0.4, -0.2) is 30.7 Å². The number of hydrogen-bond acceptors (Lipinski definition) is 4. The van der Waals surface area contributed by atoms with Crippen LogP contribution < -0.4 is 9.80 Å². The lowest BCUT2D eigenvalue weighted by atomic mass is 9.94. The molecule has 0 radical (unpaired) electrons. The predicted molar refractivity (Wildman–Crippen MR) is 95.9 cm³/mol. The van der Waals surface area contributed by atoms with Crippen molar-refractivity contribution >= 4 is 23.3 Å². The van der Waals surface area contributed by atoms with E-state index in [0.29, 0.717) is 16.9 Å². The molecule has 2 heterocycles. The average Bonchev–Trinajstić information content (AvgIpc) is 2.89. The maximum absolute atomic E-state index is 13.1. The van der Waals surface area contributed by atoms with Gasteiger partial charge in [0.1, 0.15) is 0 Å². The second-order valence-electron chi connectivity index (χ2n) is 6.46. The molecule has 130 valence electrons. The van der Waals surface area contributed by atoms with E-state index in [4.69, 9.17) is 10.00 Å². The summed E-state index contributed by atoms with van der Waals surface area (Å²) in [4.78, 5) is 29.0. The lowest BCUT2D eigenvalue weighted by Gasteiger charge is -2.41. The van der Waals surface area contributed by atoms with Crippen molar-refractivity contribution in [3.63, 3.8) is 0 Å². The zero-order valence-corrected chi connectivity index (χ0v) is 14.3. The molecule has 1 spiro atoms. The van der Waals surface area contributed by atoms with Crippen LogP contribution in [0.25, 0.3) is 0 Å². The van der Waals surface area contributed by atoms with Crippen molar-refractivity contribution in [1.29, 1.82) is 5.26 Å². The molecule has 0 unspecified atom stereocenters. The van der Waals surface area contributed by atoms with Crippen molar-refractivity contribution in [3.05, 3.63) is 59.7 Å². The zero-order chi connectivity index (χ0) is 18.3. The molecule has 2 fully saturated rings. The number of urea groups is 1. The van der Waals surface area contributed by atoms with Gasteiger partial charge in [0.15, 0.2) is 5.54 Å². The zero-order valence-electron chi connectivity index (χ0n) is 14.3. The molecule has 0 atom stereocenters. The van der Waals surface area contributed by atoms with Gasteiger partial charge in [-0.25, -0.2) is 9.69 Å². The highest BCUT2D eigenvalue weighted by molar-refractivity contribution is 6.31. The summed E-state index contributed by atoms with van der Waals surface area (Å²) in [6, 6.07) is 15.7. The smallest absolute Gasteiger partial charge is 0.337 e. The molecule has 2 saturated heterocycles. The van der Waals surface area contributed by atoms with Crippen molar-refractivity contribution in [2.75, 3.05) is 23.0 Å². The van der Waals surface area contributed by atoms with Crippen LogP contribution in [0.4, 0.5) is 16.2 Å². The van der Waals surface area contributed by atoms with E-state index in [-0.39, 0.29) is 19.1 Å². The molecule has 6 heteroatoms. The predicted octanol–water partition coefficient (Wildman–Crippen LogP) is 2.86. The SMILES string of the molecule is CCc1ccc(N2C(=O)N(c3ccc(C#N)cc3)C3(COC3)C2=O)cc1. The lowest BCUT2D eigenvalue weighted by molar-refractivity contribution is -0.136. The first-order valence-electron chi connectivity index (χ1n) is 8.46. The van der Waals surface area contributed by atoms with E-state index in [1.165, 1.54) is 9.80 Å². The van der Waals surface area contributed by atoms with Crippen molar-refractivity contribution in [3.8, 4) is 6.07 Å². The summed E-state index contributed by atoms with van der Waals surface area (Å²) >= 11 is 0. The molecule has 2 aliphatic rings. The quantitative estimate of drug-likeness (QED) is 0.800. The molecule has 0 N–H and O–H groups in total. The Bertz CT molecular complexity index is 909. The second kappa shape index (κ2) is 5.97. The summed E-state index contributed by atoms with van der Waals surface area (Å²) in [6.45, 7) is 2.39. The van der Waals surface area contributed by atoms with Crippen LogP contribution in [0.3, 0.4) is 0 Å². The number of aryl methyl sites for hydroxylation is 1. The van der Waals surface area contributed by atoms with Crippen LogP contribution in [0.5, 0.6) is 0 Å². The fourth-order valence-corrected chi connectivity index (χ4v) is 3.37. The Morgan fingerprint density at radius 2 is 1.65 bits per heavy atom. The first kappa shape index (κ1) is 16.3. The summed E-state index contributed by atoms with van der Waals surface area (Å²) in [5, 5.41) is 8.97. The van der Waals surface area contributed by atoms with Crippen LogP contribution in [0.2, 0.25) is 0 Å². The third-order valence-corrected chi connectivity index (χ3v) is 4.95.